The predicted molar refractivity (Wildman–Crippen MR) is 114 cm³/mol. The van der Waals surface area contributed by atoms with Gasteiger partial charge in [-0.25, -0.2) is 0 Å². The lowest BCUT2D eigenvalue weighted by Gasteiger charge is -2.21. The van der Waals surface area contributed by atoms with Crippen molar-refractivity contribution in [2.45, 2.75) is 46.5 Å². The first-order chi connectivity index (χ1) is 13.8. The molecule has 1 saturated heterocycles. The first-order valence-corrected chi connectivity index (χ1v) is 10.5. The topological polar surface area (TPSA) is 67.9 Å². The third kappa shape index (κ3) is 6.12. The fourth-order valence-corrected chi connectivity index (χ4v) is 3.81. The van der Waals surface area contributed by atoms with E-state index < -0.39 is 0 Å². The Morgan fingerprint density at radius 1 is 1.10 bits per heavy atom. The Hall–Kier alpha value is -2.24. The zero-order chi connectivity index (χ0) is 21.6. The van der Waals surface area contributed by atoms with Crippen molar-refractivity contribution in [2.75, 3.05) is 33.9 Å². The molecule has 0 radical (unpaired) electrons. The van der Waals surface area contributed by atoms with E-state index in [0.717, 1.165) is 12.0 Å². The van der Waals surface area contributed by atoms with E-state index in [0.29, 0.717) is 43.5 Å². The highest BCUT2D eigenvalue weighted by molar-refractivity contribution is 5.83. The molecule has 0 bridgehead atoms. The lowest BCUT2D eigenvalue weighted by molar-refractivity contribution is -0.131. The van der Waals surface area contributed by atoms with Crippen molar-refractivity contribution in [3.8, 4) is 11.5 Å². The van der Waals surface area contributed by atoms with Gasteiger partial charge in [-0.2, -0.15) is 0 Å². The second kappa shape index (κ2) is 10.5. The molecule has 2 amide bonds. The molecule has 2 rings (SSSR count). The Bertz CT molecular complexity index is 702. The number of methoxy groups -OCH3 is 2. The largest absolute Gasteiger partial charge is 0.497 e. The number of hydrogen-bond donors (Lipinski definition) is 1. The molecular formula is C23H36N2O4. The highest BCUT2D eigenvalue weighted by Crippen LogP contribution is 2.39. The number of carbonyl (C=O) groups is 2. The number of nitrogens with one attached hydrogen (secondary N) is 1. The third-order valence-corrected chi connectivity index (χ3v) is 5.45. The first kappa shape index (κ1) is 23.0. The summed E-state index contributed by atoms with van der Waals surface area (Å²) in [6.07, 6.45) is 1.43. The van der Waals surface area contributed by atoms with Gasteiger partial charge in [-0.3, -0.25) is 9.59 Å². The molecule has 1 N–H and O–H groups in total. The van der Waals surface area contributed by atoms with Crippen molar-refractivity contribution in [3.05, 3.63) is 23.8 Å². The predicted octanol–water partition coefficient (Wildman–Crippen LogP) is 3.45. The molecule has 6 nitrogen and oxygen atoms in total. The van der Waals surface area contributed by atoms with Crippen molar-refractivity contribution in [1.29, 1.82) is 0 Å². The molecule has 0 aromatic heterocycles. The maximum absolute atomic E-state index is 13.0. The molecule has 1 heterocycles. The van der Waals surface area contributed by atoms with Crippen LogP contribution in [0.3, 0.4) is 0 Å². The molecule has 2 unspecified atom stereocenters. The fourth-order valence-electron chi connectivity index (χ4n) is 3.81. The van der Waals surface area contributed by atoms with Crippen LogP contribution in [0.15, 0.2) is 18.2 Å². The Labute approximate surface area is 174 Å². The lowest BCUT2D eigenvalue weighted by atomic mass is 9.87. The van der Waals surface area contributed by atoms with Gasteiger partial charge in [0.15, 0.2) is 0 Å². The van der Waals surface area contributed by atoms with Crippen molar-refractivity contribution in [2.24, 2.45) is 17.8 Å². The van der Waals surface area contributed by atoms with Crippen molar-refractivity contribution in [1.82, 2.24) is 10.2 Å². The summed E-state index contributed by atoms with van der Waals surface area (Å²) in [4.78, 5) is 27.5. The second-order valence-electron chi connectivity index (χ2n) is 8.69. The van der Waals surface area contributed by atoms with Crippen molar-refractivity contribution in [3.63, 3.8) is 0 Å². The number of benzene rings is 1. The van der Waals surface area contributed by atoms with Gasteiger partial charge in [0.05, 0.1) is 20.1 Å². The van der Waals surface area contributed by atoms with Gasteiger partial charge in [-0.1, -0.05) is 33.8 Å². The van der Waals surface area contributed by atoms with Crippen molar-refractivity contribution < 1.29 is 19.1 Å². The average molecular weight is 405 g/mol. The standard InChI is InChI=1S/C23H36N2O4/c1-15(2)9-10-24-23(27)20-14-25(22(26)11-16(3)4)13-19(20)18-8-7-17(28-5)12-21(18)29-6/h7-8,12,15-16,19-20H,9-11,13-14H2,1-6H3,(H,24,27). The zero-order valence-electron chi connectivity index (χ0n) is 18.7. The molecule has 6 heteroatoms. The Morgan fingerprint density at radius 3 is 2.41 bits per heavy atom. The van der Waals surface area contributed by atoms with E-state index in [2.05, 4.69) is 19.2 Å². The Balaban J connectivity index is 2.27. The van der Waals surface area contributed by atoms with Crippen LogP contribution in [0.5, 0.6) is 11.5 Å². The quantitative estimate of drug-likeness (QED) is 0.684. The molecule has 2 atom stereocenters. The number of amides is 2. The van der Waals surface area contributed by atoms with Gasteiger partial charge in [0.25, 0.3) is 0 Å². The second-order valence-corrected chi connectivity index (χ2v) is 8.69. The minimum atomic E-state index is -0.291. The SMILES string of the molecule is COc1ccc(C2CN(C(=O)CC(C)C)CC2C(=O)NCCC(C)C)c(OC)c1. The molecule has 0 spiro atoms. The molecular weight excluding hydrogens is 368 g/mol. The van der Waals surface area contributed by atoms with Gasteiger partial charge in [0, 0.05) is 43.6 Å². The van der Waals surface area contributed by atoms with Gasteiger partial charge in [-0.15, -0.1) is 0 Å². The molecule has 1 aromatic rings. The van der Waals surface area contributed by atoms with Crippen LogP contribution in [0, 0.1) is 17.8 Å². The first-order valence-electron chi connectivity index (χ1n) is 10.5. The monoisotopic (exact) mass is 404 g/mol. The summed E-state index contributed by atoms with van der Waals surface area (Å²) in [6, 6.07) is 5.67. The number of rotatable bonds is 9. The van der Waals surface area contributed by atoms with E-state index in [9.17, 15) is 9.59 Å². The minimum Gasteiger partial charge on any atom is -0.497 e. The number of hydrogen-bond acceptors (Lipinski definition) is 4. The minimum absolute atomic E-state index is 0.00775. The highest BCUT2D eigenvalue weighted by atomic mass is 16.5. The van der Waals surface area contributed by atoms with Gasteiger partial charge >= 0.3 is 0 Å². The molecule has 0 aliphatic carbocycles. The third-order valence-electron chi connectivity index (χ3n) is 5.45. The van der Waals surface area contributed by atoms with E-state index in [-0.39, 0.29) is 29.6 Å². The van der Waals surface area contributed by atoms with Gasteiger partial charge in [-0.05, 0) is 24.3 Å². The smallest absolute Gasteiger partial charge is 0.225 e. The summed E-state index contributed by atoms with van der Waals surface area (Å²) in [5.74, 6) is 1.92. The number of nitrogens with zero attached hydrogens (tertiary/aromatic N) is 1. The maximum atomic E-state index is 13.0. The Morgan fingerprint density at radius 2 is 1.83 bits per heavy atom. The normalized spacial score (nSPS) is 19.0. The Kier molecular flexibility index (Phi) is 8.35. The van der Waals surface area contributed by atoms with Crippen molar-refractivity contribution >= 4 is 11.8 Å². The summed E-state index contributed by atoms with van der Waals surface area (Å²) in [5, 5.41) is 3.07. The van der Waals surface area contributed by atoms with E-state index in [1.165, 1.54) is 0 Å². The molecule has 0 saturated carbocycles. The number of ether oxygens (including phenoxy) is 2. The van der Waals surface area contributed by atoms with Gasteiger partial charge in [0.1, 0.15) is 11.5 Å². The van der Waals surface area contributed by atoms with Gasteiger partial charge in [0.2, 0.25) is 11.8 Å². The van der Waals surface area contributed by atoms with Crippen LogP contribution >= 0.6 is 0 Å². The highest BCUT2D eigenvalue weighted by Gasteiger charge is 2.41. The van der Waals surface area contributed by atoms with Crippen LogP contribution in [0.1, 0.15) is 52.0 Å². The van der Waals surface area contributed by atoms with Crippen LogP contribution in [-0.2, 0) is 9.59 Å². The maximum Gasteiger partial charge on any atom is 0.225 e. The van der Waals surface area contributed by atoms with Crippen LogP contribution in [0.2, 0.25) is 0 Å². The summed E-state index contributed by atoms with van der Waals surface area (Å²) < 4.78 is 10.9. The van der Waals surface area contributed by atoms with E-state index in [1.807, 2.05) is 36.9 Å². The zero-order valence-corrected chi connectivity index (χ0v) is 18.7. The van der Waals surface area contributed by atoms with Gasteiger partial charge < -0.3 is 19.7 Å². The number of carbonyl (C=O) groups excluding carboxylic acids is 2. The van der Waals surface area contributed by atoms with Crippen LogP contribution < -0.4 is 14.8 Å². The molecule has 29 heavy (non-hydrogen) atoms. The summed E-state index contributed by atoms with van der Waals surface area (Å²) in [5.41, 5.74) is 0.942. The fraction of sp³-hybridized carbons (Fsp3) is 0.652. The van der Waals surface area contributed by atoms with Crippen LogP contribution in [-0.4, -0.2) is 50.6 Å². The summed E-state index contributed by atoms with van der Waals surface area (Å²) in [7, 11) is 3.23. The van der Waals surface area contributed by atoms with E-state index in [1.54, 1.807) is 14.2 Å². The summed E-state index contributed by atoms with van der Waals surface area (Å²) >= 11 is 0. The molecule has 1 aliphatic rings. The van der Waals surface area contributed by atoms with E-state index in [4.69, 9.17) is 9.47 Å². The molecule has 162 valence electrons. The van der Waals surface area contributed by atoms with E-state index >= 15 is 0 Å². The average Bonchev–Trinajstić information content (AvgIpc) is 3.12. The molecule has 1 aromatic carbocycles. The molecule has 1 aliphatic heterocycles. The molecule has 1 fully saturated rings. The summed E-state index contributed by atoms with van der Waals surface area (Å²) in [6.45, 7) is 9.97. The lowest BCUT2D eigenvalue weighted by Crippen LogP contribution is -2.36. The van der Waals surface area contributed by atoms with Crippen LogP contribution in [0.4, 0.5) is 0 Å². The van der Waals surface area contributed by atoms with Crippen LogP contribution in [0.25, 0.3) is 0 Å². The number of likely N-dealkylation sites (tertiary alicyclic amines) is 1.